The van der Waals surface area contributed by atoms with Gasteiger partial charge in [0.2, 0.25) is 0 Å². The molecule has 0 saturated carbocycles. The number of pyridine rings is 3. The number of aromatic nitrogens is 3. The highest BCUT2D eigenvalue weighted by molar-refractivity contribution is 6.24. The van der Waals surface area contributed by atoms with Gasteiger partial charge in [0.1, 0.15) is 0 Å². The van der Waals surface area contributed by atoms with Crippen molar-refractivity contribution in [2.45, 2.75) is 0 Å². The first-order valence-corrected chi connectivity index (χ1v) is 15.5. The van der Waals surface area contributed by atoms with Crippen molar-refractivity contribution >= 4 is 43.4 Å². The van der Waals surface area contributed by atoms with E-state index in [0.717, 1.165) is 55.4 Å². The number of fused-ring (bicyclic) bond motifs is 5. The molecule has 214 valence electrons. The van der Waals surface area contributed by atoms with Crippen molar-refractivity contribution < 1.29 is 0 Å². The molecule has 3 heterocycles. The molecular weight excluding hydrogens is 558 g/mol. The van der Waals surface area contributed by atoms with Gasteiger partial charge < -0.3 is 0 Å². The second-order valence-corrected chi connectivity index (χ2v) is 11.6. The van der Waals surface area contributed by atoms with Crippen LogP contribution in [0.25, 0.3) is 88.1 Å². The molecule has 0 amide bonds. The quantitative estimate of drug-likeness (QED) is 0.152. The van der Waals surface area contributed by atoms with E-state index in [1.165, 1.54) is 32.7 Å². The van der Waals surface area contributed by atoms with Gasteiger partial charge in [-0.1, -0.05) is 133 Å². The van der Waals surface area contributed by atoms with E-state index in [4.69, 9.17) is 15.0 Å². The minimum absolute atomic E-state index is 0.910. The first kappa shape index (κ1) is 26.2. The number of rotatable bonds is 4. The maximum atomic E-state index is 5.25. The number of hydrogen-bond acceptors (Lipinski definition) is 3. The largest absolute Gasteiger partial charge is 0.256 e. The van der Waals surface area contributed by atoms with E-state index in [1.807, 2.05) is 30.6 Å². The van der Waals surface area contributed by atoms with Crippen LogP contribution >= 0.6 is 0 Å². The van der Waals surface area contributed by atoms with E-state index < -0.39 is 0 Å². The molecule has 3 aromatic heterocycles. The van der Waals surface area contributed by atoms with Crippen LogP contribution in [0.5, 0.6) is 0 Å². The Morgan fingerprint density at radius 3 is 1.61 bits per heavy atom. The van der Waals surface area contributed by atoms with E-state index in [0.29, 0.717) is 0 Å². The summed E-state index contributed by atoms with van der Waals surface area (Å²) in [6.07, 6.45) is 3.87. The van der Waals surface area contributed by atoms with Crippen molar-refractivity contribution in [1.29, 1.82) is 0 Å². The number of benzene rings is 6. The molecule has 3 nitrogen and oxygen atoms in total. The summed E-state index contributed by atoms with van der Waals surface area (Å²) in [6.45, 7) is 0. The van der Waals surface area contributed by atoms with Gasteiger partial charge in [-0.15, -0.1) is 0 Å². The topological polar surface area (TPSA) is 38.7 Å². The fourth-order valence-corrected chi connectivity index (χ4v) is 6.84. The molecule has 0 fully saturated rings. The van der Waals surface area contributed by atoms with Gasteiger partial charge in [0, 0.05) is 39.9 Å². The first-order chi connectivity index (χ1) is 22.8. The van der Waals surface area contributed by atoms with Crippen molar-refractivity contribution in [3.63, 3.8) is 0 Å². The van der Waals surface area contributed by atoms with Crippen LogP contribution in [0, 0.1) is 0 Å². The molecule has 0 N–H and O–H groups in total. The van der Waals surface area contributed by atoms with E-state index in [2.05, 4.69) is 133 Å². The van der Waals surface area contributed by atoms with Gasteiger partial charge in [-0.05, 0) is 56.4 Å². The average molecular weight is 586 g/mol. The highest BCUT2D eigenvalue weighted by Gasteiger charge is 2.20. The number of hydrogen-bond donors (Lipinski definition) is 0. The lowest BCUT2D eigenvalue weighted by atomic mass is 9.85. The molecule has 0 unspecified atom stereocenters. The highest BCUT2D eigenvalue weighted by Crippen LogP contribution is 2.46. The second-order valence-electron chi connectivity index (χ2n) is 11.6. The molecule has 9 aromatic rings. The standard InChI is InChI=1S/C43H27N3/c1-3-12-28(13-4-1)38-24-22-31(27-45-38)40-32-17-7-9-19-34(32)41(35-20-10-8-18-33(35)40)37-26-39(29-14-5-2-6-15-29)46-43-36(37)23-21-30-16-11-25-44-42(30)43/h1-27H. The van der Waals surface area contributed by atoms with Gasteiger partial charge in [-0.3, -0.25) is 9.97 Å². The maximum Gasteiger partial charge on any atom is 0.0978 e. The molecule has 0 radical (unpaired) electrons. The average Bonchev–Trinajstić information content (AvgIpc) is 3.14. The van der Waals surface area contributed by atoms with Crippen molar-refractivity contribution in [1.82, 2.24) is 15.0 Å². The summed E-state index contributed by atoms with van der Waals surface area (Å²) in [5.74, 6) is 0. The van der Waals surface area contributed by atoms with Gasteiger partial charge in [0.15, 0.2) is 0 Å². The molecule has 0 aliphatic heterocycles. The van der Waals surface area contributed by atoms with Crippen LogP contribution < -0.4 is 0 Å². The summed E-state index contributed by atoms with van der Waals surface area (Å²) in [7, 11) is 0. The molecule has 0 bridgehead atoms. The van der Waals surface area contributed by atoms with E-state index in [9.17, 15) is 0 Å². The molecule has 46 heavy (non-hydrogen) atoms. The summed E-state index contributed by atoms with van der Waals surface area (Å²) < 4.78 is 0. The van der Waals surface area contributed by atoms with Crippen molar-refractivity contribution in [2.75, 3.05) is 0 Å². The van der Waals surface area contributed by atoms with Crippen LogP contribution in [0.3, 0.4) is 0 Å². The van der Waals surface area contributed by atoms with Gasteiger partial charge in [-0.25, -0.2) is 4.98 Å². The fourth-order valence-electron chi connectivity index (χ4n) is 6.84. The van der Waals surface area contributed by atoms with Crippen LogP contribution in [0.1, 0.15) is 0 Å². The minimum Gasteiger partial charge on any atom is -0.256 e. The monoisotopic (exact) mass is 585 g/mol. The Bertz CT molecular complexity index is 2500. The summed E-state index contributed by atoms with van der Waals surface area (Å²) >= 11 is 0. The lowest BCUT2D eigenvalue weighted by Gasteiger charge is -2.19. The summed E-state index contributed by atoms with van der Waals surface area (Å²) in [5.41, 5.74) is 10.5. The highest BCUT2D eigenvalue weighted by atomic mass is 14.8. The predicted octanol–water partition coefficient (Wildman–Crippen LogP) is 11.2. The molecule has 0 spiro atoms. The Morgan fingerprint density at radius 2 is 0.978 bits per heavy atom. The van der Waals surface area contributed by atoms with Crippen LogP contribution in [0.2, 0.25) is 0 Å². The zero-order valence-electron chi connectivity index (χ0n) is 24.9. The zero-order chi connectivity index (χ0) is 30.5. The third kappa shape index (κ3) is 4.25. The minimum atomic E-state index is 0.910. The second kappa shape index (κ2) is 10.8. The smallest absolute Gasteiger partial charge is 0.0978 e. The maximum absolute atomic E-state index is 5.25. The molecule has 0 saturated heterocycles. The SMILES string of the molecule is c1ccc(-c2ccc(-c3c4ccccc4c(-c4cc(-c5ccccc5)nc5c4ccc4cccnc45)c4ccccc34)cn2)cc1. The van der Waals surface area contributed by atoms with Gasteiger partial charge >= 0.3 is 0 Å². The Labute approximate surface area is 266 Å². The van der Waals surface area contributed by atoms with Gasteiger partial charge in [0.25, 0.3) is 0 Å². The van der Waals surface area contributed by atoms with Crippen LogP contribution in [-0.4, -0.2) is 15.0 Å². The van der Waals surface area contributed by atoms with Gasteiger partial charge in [0.05, 0.1) is 22.4 Å². The Balaban J connectivity index is 1.37. The molecule has 6 aromatic carbocycles. The predicted molar refractivity (Wildman–Crippen MR) is 192 cm³/mol. The Morgan fingerprint density at radius 1 is 0.370 bits per heavy atom. The van der Waals surface area contributed by atoms with E-state index in [-0.39, 0.29) is 0 Å². The summed E-state index contributed by atoms with van der Waals surface area (Å²) in [6, 6.07) is 53.3. The molecule has 0 atom stereocenters. The molecule has 0 aliphatic rings. The third-order valence-electron chi connectivity index (χ3n) is 8.94. The Hall–Kier alpha value is -6.19. The summed E-state index contributed by atoms with van der Waals surface area (Å²) in [5, 5.41) is 6.93. The first-order valence-electron chi connectivity index (χ1n) is 15.5. The van der Waals surface area contributed by atoms with Crippen molar-refractivity contribution in [3.05, 3.63) is 164 Å². The van der Waals surface area contributed by atoms with Crippen molar-refractivity contribution in [2.24, 2.45) is 0 Å². The summed E-state index contributed by atoms with van der Waals surface area (Å²) in [4.78, 5) is 15.0. The van der Waals surface area contributed by atoms with Crippen LogP contribution in [-0.2, 0) is 0 Å². The lowest BCUT2D eigenvalue weighted by Crippen LogP contribution is -1.95. The molecule has 3 heteroatoms. The third-order valence-corrected chi connectivity index (χ3v) is 8.94. The fraction of sp³-hybridized carbons (Fsp3) is 0. The van der Waals surface area contributed by atoms with E-state index >= 15 is 0 Å². The number of nitrogens with zero attached hydrogens (tertiary/aromatic N) is 3. The van der Waals surface area contributed by atoms with Gasteiger partial charge in [-0.2, -0.15) is 0 Å². The van der Waals surface area contributed by atoms with Crippen LogP contribution in [0.15, 0.2) is 164 Å². The zero-order valence-corrected chi connectivity index (χ0v) is 24.9. The molecule has 9 rings (SSSR count). The molecule has 0 aliphatic carbocycles. The Kier molecular flexibility index (Phi) is 6.14. The van der Waals surface area contributed by atoms with Crippen molar-refractivity contribution in [3.8, 4) is 44.8 Å². The van der Waals surface area contributed by atoms with Crippen LogP contribution in [0.4, 0.5) is 0 Å². The normalized spacial score (nSPS) is 11.5. The van der Waals surface area contributed by atoms with E-state index in [1.54, 1.807) is 0 Å². The lowest BCUT2D eigenvalue weighted by molar-refractivity contribution is 1.33. The molecular formula is C43H27N3.